The summed E-state index contributed by atoms with van der Waals surface area (Å²) in [6.45, 7) is 8.20. The number of Topliss-reactive ketones (excluding diaryl/α,β-unsaturated/α-hetero) is 1. The molecule has 3 nitrogen and oxygen atoms in total. The molecule has 1 atom stereocenters. The van der Waals surface area contributed by atoms with Crippen molar-refractivity contribution in [2.75, 3.05) is 6.54 Å². The summed E-state index contributed by atoms with van der Waals surface area (Å²) < 4.78 is 0. The SMILES string of the molecule is CC(=O)c1cc(CN2CCc3c([nH]c4ccccc34)C2C(C)C)cs1. The smallest absolute Gasteiger partial charge is 0.169 e. The van der Waals surface area contributed by atoms with Crippen LogP contribution in [0.1, 0.15) is 53.3 Å². The summed E-state index contributed by atoms with van der Waals surface area (Å²) in [5.41, 5.74) is 5.36. The van der Waals surface area contributed by atoms with Crippen molar-refractivity contribution in [1.82, 2.24) is 9.88 Å². The Bertz CT molecular complexity index is 921. The van der Waals surface area contributed by atoms with Gasteiger partial charge in [-0.15, -0.1) is 11.3 Å². The molecule has 0 radical (unpaired) electrons. The molecule has 0 spiro atoms. The molecular formula is C21H24N2OS. The lowest BCUT2D eigenvalue weighted by molar-refractivity contribution is 0.102. The van der Waals surface area contributed by atoms with Crippen molar-refractivity contribution in [3.63, 3.8) is 0 Å². The van der Waals surface area contributed by atoms with Crippen LogP contribution in [0.5, 0.6) is 0 Å². The van der Waals surface area contributed by atoms with E-state index in [9.17, 15) is 4.79 Å². The molecule has 0 saturated carbocycles. The molecule has 130 valence electrons. The van der Waals surface area contributed by atoms with E-state index in [1.165, 1.54) is 27.7 Å². The van der Waals surface area contributed by atoms with Gasteiger partial charge in [-0.25, -0.2) is 0 Å². The number of hydrogen-bond donors (Lipinski definition) is 1. The number of rotatable bonds is 4. The van der Waals surface area contributed by atoms with Gasteiger partial charge in [0.15, 0.2) is 5.78 Å². The zero-order valence-corrected chi connectivity index (χ0v) is 15.8. The van der Waals surface area contributed by atoms with Gasteiger partial charge in [0, 0.05) is 29.7 Å². The summed E-state index contributed by atoms with van der Waals surface area (Å²) in [7, 11) is 0. The Kier molecular flexibility index (Phi) is 4.26. The van der Waals surface area contributed by atoms with Gasteiger partial charge in [-0.1, -0.05) is 32.0 Å². The summed E-state index contributed by atoms with van der Waals surface area (Å²) in [5, 5.41) is 3.51. The molecule has 0 bridgehead atoms. The Morgan fingerprint density at radius 1 is 1.36 bits per heavy atom. The average Bonchev–Trinajstić information content (AvgIpc) is 3.18. The van der Waals surface area contributed by atoms with Crippen LogP contribution in [0, 0.1) is 5.92 Å². The van der Waals surface area contributed by atoms with Gasteiger partial charge in [0.05, 0.1) is 10.9 Å². The molecule has 1 aliphatic rings. The van der Waals surface area contributed by atoms with Gasteiger partial charge in [0.2, 0.25) is 0 Å². The predicted molar refractivity (Wildman–Crippen MR) is 104 cm³/mol. The molecule has 4 rings (SSSR count). The number of nitrogens with zero attached hydrogens (tertiary/aromatic N) is 1. The number of hydrogen-bond acceptors (Lipinski definition) is 3. The van der Waals surface area contributed by atoms with Crippen LogP contribution in [0.3, 0.4) is 0 Å². The quantitative estimate of drug-likeness (QED) is 0.656. The minimum absolute atomic E-state index is 0.160. The highest BCUT2D eigenvalue weighted by Gasteiger charge is 2.32. The number of ketones is 1. The normalized spacial score (nSPS) is 18.0. The van der Waals surface area contributed by atoms with Crippen LogP contribution in [0.25, 0.3) is 10.9 Å². The monoisotopic (exact) mass is 352 g/mol. The first-order valence-corrected chi connectivity index (χ1v) is 9.84. The Morgan fingerprint density at radius 2 is 2.16 bits per heavy atom. The minimum atomic E-state index is 0.160. The van der Waals surface area contributed by atoms with Gasteiger partial charge in [-0.3, -0.25) is 9.69 Å². The summed E-state index contributed by atoms with van der Waals surface area (Å²) in [4.78, 5) is 18.7. The zero-order chi connectivity index (χ0) is 17.6. The predicted octanol–water partition coefficient (Wildman–Crippen LogP) is 5.19. The number of fused-ring (bicyclic) bond motifs is 3. The zero-order valence-electron chi connectivity index (χ0n) is 15.0. The van der Waals surface area contributed by atoms with Crippen molar-refractivity contribution >= 4 is 28.0 Å². The Balaban J connectivity index is 1.68. The maximum Gasteiger partial charge on any atom is 0.169 e. The molecule has 0 aliphatic carbocycles. The second-order valence-electron chi connectivity index (χ2n) is 7.35. The van der Waals surface area contributed by atoms with Gasteiger partial charge in [0.25, 0.3) is 0 Å². The highest BCUT2D eigenvalue weighted by atomic mass is 32.1. The second kappa shape index (κ2) is 6.43. The minimum Gasteiger partial charge on any atom is -0.357 e. The van der Waals surface area contributed by atoms with E-state index in [2.05, 4.69) is 59.4 Å². The summed E-state index contributed by atoms with van der Waals surface area (Å²) in [6, 6.07) is 11.1. The van der Waals surface area contributed by atoms with E-state index in [1.54, 1.807) is 18.3 Å². The standard InChI is InChI=1S/C21H24N2OS/c1-13(2)21-20-17(16-6-4-5-7-18(16)22-20)8-9-23(21)11-15-10-19(14(3)24)25-12-15/h4-7,10,12-13,21-22H,8-9,11H2,1-3H3. The molecule has 0 fully saturated rings. The third-order valence-electron chi connectivity index (χ3n) is 5.20. The molecular weight excluding hydrogens is 328 g/mol. The van der Waals surface area contributed by atoms with Gasteiger partial charge in [-0.05, 0) is 47.9 Å². The number of para-hydroxylation sites is 1. The Labute approximate surface area is 152 Å². The number of nitrogens with one attached hydrogen (secondary N) is 1. The fraction of sp³-hybridized carbons (Fsp3) is 0.381. The highest BCUT2D eigenvalue weighted by Crippen LogP contribution is 2.39. The van der Waals surface area contributed by atoms with E-state index in [-0.39, 0.29) is 5.78 Å². The van der Waals surface area contributed by atoms with E-state index in [4.69, 9.17) is 0 Å². The van der Waals surface area contributed by atoms with E-state index in [1.807, 2.05) is 0 Å². The largest absolute Gasteiger partial charge is 0.357 e. The van der Waals surface area contributed by atoms with E-state index < -0.39 is 0 Å². The molecule has 1 aliphatic heterocycles. The van der Waals surface area contributed by atoms with Crippen molar-refractivity contribution < 1.29 is 4.79 Å². The van der Waals surface area contributed by atoms with Gasteiger partial charge < -0.3 is 4.98 Å². The van der Waals surface area contributed by atoms with E-state index in [0.717, 1.165) is 24.4 Å². The molecule has 25 heavy (non-hydrogen) atoms. The lowest BCUT2D eigenvalue weighted by atomic mass is 9.90. The van der Waals surface area contributed by atoms with Crippen LogP contribution in [0.2, 0.25) is 0 Å². The fourth-order valence-electron chi connectivity index (χ4n) is 4.13. The number of carbonyl (C=O) groups is 1. The average molecular weight is 353 g/mol. The number of thiophene rings is 1. The Morgan fingerprint density at radius 3 is 2.88 bits per heavy atom. The van der Waals surface area contributed by atoms with Crippen LogP contribution in [-0.2, 0) is 13.0 Å². The summed E-state index contributed by atoms with van der Waals surface area (Å²) in [6.07, 6.45) is 1.08. The van der Waals surface area contributed by atoms with Crippen LogP contribution < -0.4 is 0 Å². The summed E-state index contributed by atoms with van der Waals surface area (Å²) >= 11 is 1.56. The van der Waals surface area contributed by atoms with Crippen LogP contribution in [0.15, 0.2) is 35.7 Å². The van der Waals surface area contributed by atoms with Gasteiger partial charge in [-0.2, -0.15) is 0 Å². The first-order valence-electron chi connectivity index (χ1n) is 8.96. The van der Waals surface area contributed by atoms with Crippen molar-refractivity contribution in [3.8, 4) is 0 Å². The molecule has 0 saturated heterocycles. The van der Waals surface area contributed by atoms with Crippen molar-refractivity contribution in [1.29, 1.82) is 0 Å². The second-order valence-corrected chi connectivity index (χ2v) is 8.26. The first-order chi connectivity index (χ1) is 12.0. The number of benzene rings is 1. The molecule has 1 unspecified atom stereocenters. The molecule has 3 aromatic rings. The van der Waals surface area contributed by atoms with Crippen LogP contribution in [0.4, 0.5) is 0 Å². The molecule has 1 N–H and O–H groups in total. The van der Waals surface area contributed by atoms with E-state index >= 15 is 0 Å². The topological polar surface area (TPSA) is 36.1 Å². The van der Waals surface area contributed by atoms with Crippen molar-refractivity contribution in [2.45, 2.75) is 39.8 Å². The lowest BCUT2D eigenvalue weighted by Crippen LogP contribution is -2.37. The number of aromatic nitrogens is 1. The van der Waals surface area contributed by atoms with Gasteiger partial charge in [0.1, 0.15) is 0 Å². The third kappa shape index (κ3) is 2.94. The molecule has 1 aromatic carbocycles. The number of carbonyl (C=O) groups excluding carboxylic acids is 1. The molecule has 2 aromatic heterocycles. The lowest BCUT2D eigenvalue weighted by Gasteiger charge is -2.38. The molecule has 0 amide bonds. The summed E-state index contributed by atoms with van der Waals surface area (Å²) in [5.74, 6) is 0.686. The van der Waals surface area contributed by atoms with Crippen LogP contribution in [-0.4, -0.2) is 22.2 Å². The number of aromatic amines is 1. The van der Waals surface area contributed by atoms with Crippen molar-refractivity contribution in [3.05, 3.63) is 57.4 Å². The Hall–Kier alpha value is -1.91. The van der Waals surface area contributed by atoms with Crippen molar-refractivity contribution in [2.24, 2.45) is 5.92 Å². The fourth-order valence-corrected chi connectivity index (χ4v) is 4.94. The maximum atomic E-state index is 11.6. The van der Waals surface area contributed by atoms with Gasteiger partial charge >= 0.3 is 0 Å². The van der Waals surface area contributed by atoms with Crippen LogP contribution >= 0.6 is 11.3 Å². The maximum absolute atomic E-state index is 11.6. The first kappa shape index (κ1) is 16.6. The molecule has 4 heteroatoms. The van der Waals surface area contributed by atoms with E-state index in [0.29, 0.717) is 12.0 Å². The highest BCUT2D eigenvalue weighted by molar-refractivity contribution is 7.12. The number of H-pyrrole nitrogens is 1. The molecule has 3 heterocycles. The third-order valence-corrected chi connectivity index (χ3v) is 6.28.